The number of nitrogens with zero attached hydrogens (tertiary/aromatic N) is 3. The van der Waals surface area contributed by atoms with Gasteiger partial charge in [-0.1, -0.05) is 0 Å². The summed E-state index contributed by atoms with van der Waals surface area (Å²) in [6, 6.07) is 2.39. The van der Waals surface area contributed by atoms with Crippen molar-refractivity contribution in [2.45, 2.75) is 23.8 Å². The summed E-state index contributed by atoms with van der Waals surface area (Å²) in [5.74, 6) is 0. The molecule has 2 fully saturated rings. The van der Waals surface area contributed by atoms with Crippen LogP contribution >= 0.6 is 0 Å². The Hall–Kier alpha value is -1.18. The van der Waals surface area contributed by atoms with Gasteiger partial charge < -0.3 is 5.32 Å². The van der Waals surface area contributed by atoms with Gasteiger partial charge in [0, 0.05) is 51.7 Å². The number of nitrogens with one attached hydrogen (secondary N) is 1. The van der Waals surface area contributed by atoms with Gasteiger partial charge in [0.15, 0.2) is 0 Å². The lowest BCUT2D eigenvalue weighted by molar-refractivity contribution is 0.180. The molecule has 1 aliphatic carbocycles. The molecule has 1 aromatic rings. The predicted octanol–water partition coefficient (Wildman–Crippen LogP) is 0.592. The molecule has 20 heavy (non-hydrogen) atoms. The van der Waals surface area contributed by atoms with E-state index in [0.29, 0.717) is 24.8 Å². The minimum absolute atomic E-state index is 0.266. The number of pyridine rings is 1. The number of piperazine rings is 1. The Morgan fingerprint density at radius 1 is 1.25 bits per heavy atom. The van der Waals surface area contributed by atoms with Gasteiger partial charge in [-0.2, -0.15) is 4.31 Å². The third-order valence-electron chi connectivity index (χ3n) is 4.01. The summed E-state index contributed by atoms with van der Waals surface area (Å²) in [7, 11) is -1.73. The van der Waals surface area contributed by atoms with Gasteiger partial charge in [-0.15, -0.1) is 0 Å². The molecular weight excluding hydrogens is 276 g/mol. The second-order valence-electron chi connectivity index (χ2n) is 5.29. The van der Waals surface area contributed by atoms with Crippen molar-refractivity contribution in [3.63, 3.8) is 0 Å². The molecule has 1 aromatic heterocycles. The number of aromatic nitrogens is 1. The summed E-state index contributed by atoms with van der Waals surface area (Å²) in [6.07, 6.45) is 5.54. The van der Waals surface area contributed by atoms with Gasteiger partial charge in [-0.3, -0.25) is 9.88 Å². The molecule has 0 amide bonds. The maximum absolute atomic E-state index is 12.7. The molecule has 0 aromatic carbocycles. The van der Waals surface area contributed by atoms with Crippen molar-refractivity contribution in [3.05, 3.63) is 18.5 Å². The van der Waals surface area contributed by atoms with Crippen LogP contribution in [-0.4, -0.2) is 61.9 Å². The van der Waals surface area contributed by atoms with Crippen LogP contribution < -0.4 is 5.32 Å². The van der Waals surface area contributed by atoms with E-state index in [4.69, 9.17) is 0 Å². The molecule has 3 rings (SSSR count). The van der Waals surface area contributed by atoms with Crippen LogP contribution in [0.4, 0.5) is 5.69 Å². The smallest absolute Gasteiger partial charge is 0.246 e. The standard InChI is InChI=1S/C13H20N4O2S/c1-14-12-4-5-15-10-13(12)20(18,19)17-8-6-16(7-9-17)11-2-3-11/h4-5,10-11H,2-3,6-9H2,1H3,(H,14,15). The van der Waals surface area contributed by atoms with Crippen molar-refractivity contribution in [1.82, 2.24) is 14.2 Å². The third-order valence-corrected chi connectivity index (χ3v) is 5.93. The molecule has 2 heterocycles. The predicted molar refractivity (Wildman–Crippen MR) is 77.1 cm³/mol. The van der Waals surface area contributed by atoms with Crippen molar-refractivity contribution in [1.29, 1.82) is 0 Å². The fourth-order valence-corrected chi connectivity index (χ4v) is 4.24. The third kappa shape index (κ3) is 2.53. The van der Waals surface area contributed by atoms with E-state index in [0.717, 1.165) is 13.1 Å². The Morgan fingerprint density at radius 2 is 1.95 bits per heavy atom. The molecule has 0 unspecified atom stereocenters. The van der Waals surface area contributed by atoms with Gasteiger partial charge in [-0.25, -0.2) is 8.42 Å². The Labute approximate surface area is 119 Å². The van der Waals surface area contributed by atoms with Crippen molar-refractivity contribution in [2.75, 3.05) is 38.5 Å². The zero-order chi connectivity index (χ0) is 14.2. The zero-order valence-corrected chi connectivity index (χ0v) is 12.4. The fourth-order valence-electron chi connectivity index (χ4n) is 2.68. The largest absolute Gasteiger partial charge is 0.387 e. The minimum atomic E-state index is -3.45. The molecular formula is C13H20N4O2S. The van der Waals surface area contributed by atoms with E-state index < -0.39 is 10.0 Å². The first-order valence-corrected chi connectivity index (χ1v) is 8.43. The van der Waals surface area contributed by atoms with Gasteiger partial charge >= 0.3 is 0 Å². The quantitative estimate of drug-likeness (QED) is 0.881. The van der Waals surface area contributed by atoms with E-state index in [1.807, 2.05) is 0 Å². The van der Waals surface area contributed by atoms with E-state index in [1.54, 1.807) is 23.6 Å². The second-order valence-corrected chi connectivity index (χ2v) is 7.20. The van der Waals surface area contributed by atoms with Crippen molar-refractivity contribution in [3.8, 4) is 0 Å². The Morgan fingerprint density at radius 3 is 2.55 bits per heavy atom. The molecule has 110 valence electrons. The lowest BCUT2D eigenvalue weighted by atomic mass is 10.3. The monoisotopic (exact) mass is 296 g/mol. The van der Waals surface area contributed by atoms with Gasteiger partial charge in [0.2, 0.25) is 10.0 Å². The van der Waals surface area contributed by atoms with Crippen LogP contribution in [0, 0.1) is 0 Å². The lowest BCUT2D eigenvalue weighted by Gasteiger charge is -2.34. The Bertz CT molecular complexity index is 578. The number of rotatable bonds is 4. The van der Waals surface area contributed by atoms with E-state index in [-0.39, 0.29) is 4.90 Å². The van der Waals surface area contributed by atoms with Gasteiger partial charge in [0.1, 0.15) is 4.90 Å². The van der Waals surface area contributed by atoms with Crippen molar-refractivity contribution >= 4 is 15.7 Å². The maximum Gasteiger partial charge on any atom is 0.246 e. The van der Waals surface area contributed by atoms with E-state index in [1.165, 1.54) is 19.0 Å². The lowest BCUT2D eigenvalue weighted by Crippen LogP contribution is -2.49. The number of hydrogen-bond acceptors (Lipinski definition) is 5. The normalized spacial score (nSPS) is 21.9. The zero-order valence-electron chi connectivity index (χ0n) is 11.6. The van der Waals surface area contributed by atoms with Crippen LogP contribution in [0.15, 0.2) is 23.4 Å². The van der Waals surface area contributed by atoms with Crippen LogP contribution in [-0.2, 0) is 10.0 Å². The Kier molecular flexibility index (Phi) is 3.66. The average Bonchev–Trinajstić information content (AvgIpc) is 3.32. The van der Waals surface area contributed by atoms with Crippen molar-refractivity contribution < 1.29 is 8.42 Å². The summed E-state index contributed by atoms with van der Waals surface area (Å²) >= 11 is 0. The summed E-state index contributed by atoms with van der Waals surface area (Å²) in [5.41, 5.74) is 0.602. The first kappa shape index (κ1) is 13.8. The topological polar surface area (TPSA) is 65.5 Å². The van der Waals surface area contributed by atoms with Crippen molar-refractivity contribution in [2.24, 2.45) is 0 Å². The maximum atomic E-state index is 12.7. The Balaban J connectivity index is 1.78. The molecule has 1 N–H and O–H groups in total. The highest BCUT2D eigenvalue weighted by Crippen LogP contribution is 2.29. The molecule has 6 nitrogen and oxygen atoms in total. The van der Waals surface area contributed by atoms with Gasteiger partial charge in [-0.05, 0) is 18.9 Å². The number of hydrogen-bond donors (Lipinski definition) is 1. The summed E-state index contributed by atoms with van der Waals surface area (Å²) < 4.78 is 26.9. The molecule has 0 bridgehead atoms. The average molecular weight is 296 g/mol. The van der Waals surface area contributed by atoms with E-state index in [2.05, 4.69) is 15.2 Å². The number of anilines is 1. The molecule has 1 saturated carbocycles. The van der Waals surface area contributed by atoms with Crippen LogP contribution in [0.2, 0.25) is 0 Å². The number of sulfonamides is 1. The fraction of sp³-hybridized carbons (Fsp3) is 0.615. The highest BCUT2D eigenvalue weighted by Gasteiger charge is 2.35. The minimum Gasteiger partial charge on any atom is -0.387 e. The van der Waals surface area contributed by atoms with Crippen LogP contribution in [0.1, 0.15) is 12.8 Å². The highest BCUT2D eigenvalue weighted by molar-refractivity contribution is 7.89. The molecule has 0 spiro atoms. The van der Waals surface area contributed by atoms with Gasteiger partial charge in [0.25, 0.3) is 0 Å². The molecule has 0 radical (unpaired) electrons. The summed E-state index contributed by atoms with van der Waals surface area (Å²) in [6.45, 7) is 2.80. The first-order valence-electron chi connectivity index (χ1n) is 6.99. The molecule has 0 atom stereocenters. The van der Waals surface area contributed by atoms with Gasteiger partial charge in [0.05, 0.1) is 5.69 Å². The molecule has 2 aliphatic rings. The highest BCUT2D eigenvalue weighted by atomic mass is 32.2. The molecule has 7 heteroatoms. The molecule has 1 saturated heterocycles. The second kappa shape index (κ2) is 5.31. The van der Waals surface area contributed by atoms with Crippen LogP contribution in [0.3, 0.4) is 0 Å². The summed E-state index contributed by atoms with van der Waals surface area (Å²) in [4.78, 5) is 6.61. The SMILES string of the molecule is CNc1ccncc1S(=O)(=O)N1CCN(C2CC2)CC1. The van der Waals surface area contributed by atoms with Crippen LogP contribution in [0.5, 0.6) is 0 Å². The van der Waals surface area contributed by atoms with Crippen LogP contribution in [0.25, 0.3) is 0 Å². The van der Waals surface area contributed by atoms with E-state index >= 15 is 0 Å². The molecule has 1 aliphatic heterocycles. The summed E-state index contributed by atoms with van der Waals surface area (Å²) in [5, 5.41) is 2.92. The van der Waals surface area contributed by atoms with E-state index in [9.17, 15) is 8.42 Å². The first-order chi connectivity index (χ1) is 9.63.